The Morgan fingerprint density at radius 3 is 2.21 bits per heavy atom. The summed E-state index contributed by atoms with van der Waals surface area (Å²) in [5.74, 6) is -1.58. The molecular weight excluding hydrogens is 785 g/mol. The number of esters is 1. The number of para-hydroxylation sites is 1. The number of hydrogen-bond donors (Lipinski definition) is 4. The van der Waals surface area contributed by atoms with E-state index in [-0.39, 0.29) is 49.3 Å². The van der Waals surface area contributed by atoms with E-state index in [1.165, 1.54) is 15.4 Å². The molecule has 0 spiro atoms. The predicted molar refractivity (Wildman–Crippen MR) is 231 cm³/mol. The van der Waals surface area contributed by atoms with Crippen LogP contribution in [0.5, 0.6) is 0 Å². The molecule has 4 atom stereocenters. The Balaban J connectivity index is 0.000000382. The van der Waals surface area contributed by atoms with Gasteiger partial charge in [0.2, 0.25) is 30.0 Å². The minimum Gasteiger partial charge on any atom is -0.464 e. The van der Waals surface area contributed by atoms with Crippen LogP contribution in [0.4, 0.5) is 10.5 Å². The largest absolute Gasteiger partial charge is 0.464 e. The molecular formula is C44H66N8O9. The minimum atomic E-state index is -0.650. The van der Waals surface area contributed by atoms with E-state index >= 15 is 0 Å². The van der Waals surface area contributed by atoms with E-state index in [4.69, 9.17) is 15.2 Å². The number of nitrogens with one attached hydrogen (secondary N) is 3. The molecule has 2 aromatic carbocycles. The number of amides is 7. The molecule has 0 saturated carbocycles. The third-order valence-corrected chi connectivity index (χ3v) is 10.4. The Kier molecular flexibility index (Phi) is 21.7. The average Bonchev–Trinajstić information content (AvgIpc) is 3.89. The second-order valence-corrected chi connectivity index (χ2v) is 15.8. The molecule has 0 aromatic heterocycles. The van der Waals surface area contributed by atoms with Crippen molar-refractivity contribution in [3.05, 3.63) is 66.2 Å². The third-order valence-electron chi connectivity index (χ3n) is 10.4. The standard InChI is InChI=1S/C28H47N5O7.C9H11N3O2.C7H8/c1-20(2)29-26(36)22(7-5-10-31-12-15-39-16-13-31)30(4)27(37)23-8-6-11-33(23)25(35)9-14-40-28(38)24-17-21(3)18-32(24)19-34;10-8(13)6-11-9(14)12-7-4-2-1-3-5-7;1-7-5-3-2-4-6-7/h19-24H,5-18H2,1-4H3,(H,29,36);1-5H,6H2,(H2,10,13)(H2,11,12,14);2-6H,1H3/t21-,22?,23?,24?;;/m1../s1. The molecule has 17 heteroatoms. The Morgan fingerprint density at radius 2 is 1.62 bits per heavy atom. The number of aryl methyl sites for hydroxylation is 1. The molecule has 3 saturated heterocycles. The van der Waals surface area contributed by atoms with Gasteiger partial charge in [0.1, 0.15) is 24.7 Å². The fraction of sp³-hybridized carbons (Fsp3) is 0.568. The van der Waals surface area contributed by atoms with E-state index < -0.39 is 36.0 Å². The first-order valence-electron chi connectivity index (χ1n) is 21.1. The summed E-state index contributed by atoms with van der Waals surface area (Å²) in [6, 6.07) is 16.8. The van der Waals surface area contributed by atoms with Crippen LogP contribution >= 0.6 is 0 Å². The highest BCUT2D eigenvalue weighted by molar-refractivity contribution is 5.93. The number of ether oxygens (including phenoxy) is 2. The number of carbonyl (C=O) groups is 7. The fourth-order valence-corrected chi connectivity index (χ4v) is 7.23. The lowest BCUT2D eigenvalue weighted by Gasteiger charge is -2.33. The molecule has 0 bridgehead atoms. The molecule has 3 heterocycles. The quantitative estimate of drug-likeness (QED) is 0.143. The van der Waals surface area contributed by atoms with Crippen LogP contribution in [0.2, 0.25) is 0 Å². The van der Waals surface area contributed by atoms with Crippen molar-refractivity contribution in [2.75, 3.05) is 71.5 Å². The summed E-state index contributed by atoms with van der Waals surface area (Å²) in [4.78, 5) is 91.7. The zero-order valence-electron chi connectivity index (χ0n) is 36.4. The lowest BCUT2D eigenvalue weighted by molar-refractivity contribution is -0.153. The summed E-state index contributed by atoms with van der Waals surface area (Å²) < 4.78 is 10.7. The van der Waals surface area contributed by atoms with Crippen molar-refractivity contribution in [2.45, 2.75) is 90.4 Å². The molecule has 3 aliphatic rings. The van der Waals surface area contributed by atoms with Crippen LogP contribution in [0.3, 0.4) is 0 Å². The maximum atomic E-state index is 13.6. The van der Waals surface area contributed by atoms with E-state index in [0.29, 0.717) is 64.1 Å². The normalized spacial score (nSPS) is 19.0. The van der Waals surface area contributed by atoms with E-state index in [9.17, 15) is 33.6 Å². The van der Waals surface area contributed by atoms with Crippen molar-refractivity contribution >= 4 is 47.7 Å². The van der Waals surface area contributed by atoms with Gasteiger partial charge in [-0.25, -0.2) is 9.59 Å². The number of carbonyl (C=O) groups excluding carboxylic acids is 7. The molecule has 7 amide bonds. The number of nitrogens with two attached hydrogens (primary N) is 1. The lowest BCUT2D eigenvalue weighted by atomic mass is 10.1. The Bertz CT molecular complexity index is 1690. The summed E-state index contributed by atoms with van der Waals surface area (Å²) in [5, 5.41) is 7.79. The molecule has 3 unspecified atom stereocenters. The third kappa shape index (κ3) is 17.9. The second kappa shape index (κ2) is 26.6. The number of rotatable bonds is 16. The smallest absolute Gasteiger partial charge is 0.328 e. The molecule has 336 valence electrons. The van der Waals surface area contributed by atoms with Crippen molar-refractivity contribution in [1.82, 2.24) is 30.2 Å². The fourth-order valence-electron chi connectivity index (χ4n) is 7.23. The Morgan fingerprint density at radius 1 is 0.967 bits per heavy atom. The van der Waals surface area contributed by atoms with Crippen LogP contribution in [0.1, 0.15) is 64.9 Å². The van der Waals surface area contributed by atoms with Crippen molar-refractivity contribution < 1.29 is 43.0 Å². The Hall–Kier alpha value is -5.55. The molecule has 0 aliphatic carbocycles. The minimum absolute atomic E-state index is 0.0423. The molecule has 2 aromatic rings. The molecule has 3 aliphatic heterocycles. The van der Waals surface area contributed by atoms with Gasteiger partial charge in [-0.2, -0.15) is 0 Å². The van der Waals surface area contributed by atoms with Crippen molar-refractivity contribution in [3.63, 3.8) is 0 Å². The molecule has 61 heavy (non-hydrogen) atoms. The van der Waals surface area contributed by atoms with Gasteiger partial charge in [-0.1, -0.05) is 61.0 Å². The van der Waals surface area contributed by atoms with Crippen LogP contribution in [0.25, 0.3) is 0 Å². The van der Waals surface area contributed by atoms with Gasteiger partial charge in [-0.15, -0.1) is 0 Å². The number of benzene rings is 2. The number of anilines is 1. The van der Waals surface area contributed by atoms with E-state index in [1.54, 1.807) is 36.2 Å². The zero-order chi connectivity index (χ0) is 44.7. The van der Waals surface area contributed by atoms with Gasteiger partial charge in [-0.3, -0.25) is 28.9 Å². The van der Waals surface area contributed by atoms with Gasteiger partial charge < -0.3 is 45.9 Å². The van der Waals surface area contributed by atoms with Crippen LogP contribution in [0, 0.1) is 12.8 Å². The highest BCUT2D eigenvalue weighted by Gasteiger charge is 2.39. The van der Waals surface area contributed by atoms with Gasteiger partial charge in [0.05, 0.1) is 26.2 Å². The van der Waals surface area contributed by atoms with E-state index in [2.05, 4.69) is 39.9 Å². The first kappa shape index (κ1) is 49.8. The summed E-state index contributed by atoms with van der Waals surface area (Å²) >= 11 is 0. The van der Waals surface area contributed by atoms with Crippen LogP contribution in [-0.4, -0.2) is 152 Å². The first-order chi connectivity index (χ1) is 29.2. The van der Waals surface area contributed by atoms with Crippen LogP contribution in [-0.2, 0) is 38.2 Å². The summed E-state index contributed by atoms with van der Waals surface area (Å²) in [5.41, 5.74) is 6.84. The number of urea groups is 1. The average molecular weight is 851 g/mol. The first-order valence-corrected chi connectivity index (χ1v) is 21.1. The van der Waals surface area contributed by atoms with Crippen molar-refractivity contribution in [1.29, 1.82) is 0 Å². The number of primary amides is 1. The number of hydrogen-bond acceptors (Lipinski definition) is 10. The topological polar surface area (TPSA) is 213 Å². The predicted octanol–water partition coefficient (Wildman–Crippen LogP) is 2.53. The van der Waals surface area contributed by atoms with Gasteiger partial charge in [0, 0.05) is 45.0 Å². The van der Waals surface area contributed by atoms with Crippen LogP contribution in [0.15, 0.2) is 60.7 Å². The van der Waals surface area contributed by atoms with Gasteiger partial charge in [0.15, 0.2) is 0 Å². The number of nitrogens with zero attached hydrogens (tertiary/aromatic N) is 4. The van der Waals surface area contributed by atoms with Crippen molar-refractivity contribution in [2.24, 2.45) is 11.7 Å². The summed E-state index contributed by atoms with van der Waals surface area (Å²) in [6.45, 7) is 12.5. The summed E-state index contributed by atoms with van der Waals surface area (Å²) in [7, 11) is 1.64. The van der Waals surface area contributed by atoms with Crippen molar-refractivity contribution in [3.8, 4) is 0 Å². The highest BCUT2D eigenvalue weighted by atomic mass is 16.5. The SMILES string of the molecule is CC(C)NC(=O)C(CCCN1CCOCC1)N(C)C(=O)C1CCCN1C(=O)CCOC(=O)C1C[C@@H](C)CN1C=O.Cc1ccccc1.NC(=O)CNC(=O)Nc1ccccc1. The van der Waals surface area contributed by atoms with Gasteiger partial charge >= 0.3 is 12.0 Å². The monoisotopic (exact) mass is 850 g/mol. The van der Waals surface area contributed by atoms with Gasteiger partial charge in [-0.05, 0) is 77.5 Å². The maximum Gasteiger partial charge on any atom is 0.328 e. The summed E-state index contributed by atoms with van der Waals surface area (Å²) in [6.07, 6.45) is 3.64. The lowest BCUT2D eigenvalue weighted by Crippen LogP contribution is -2.54. The zero-order valence-corrected chi connectivity index (χ0v) is 36.4. The molecule has 5 rings (SSSR count). The molecule has 17 nitrogen and oxygen atoms in total. The second-order valence-electron chi connectivity index (χ2n) is 15.8. The van der Waals surface area contributed by atoms with Gasteiger partial charge in [0.25, 0.3) is 0 Å². The van der Waals surface area contributed by atoms with E-state index in [0.717, 1.165) is 26.1 Å². The number of likely N-dealkylation sites (tertiary alicyclic amines) is 2. The molecule has 0 radical (unpaired) electrons. The number of likely N-dealkylation sites (N-methyl/N-ethyl adjacent to an activating group) is 1. The highest BCUT2D eigenvalue weighted by Crippen LogP contribution is 2.24. The number of morpholine rings is 1. The maximum absolute atomic E-state index is 13.6. The van der Waals surface area contributed by atoms with E-state index in [1.807, 2.05) is 45.0 Å². The molecule has 3 fully saturated rings. The van der Waals surface area contributed by atoms with Crippen LogP contribution < -0.4 is 21.7 Å². The Labute approximate surface area is 360 Å². The molecule has 5 N–H and O–H groups in total.